The standard InChI is InChI=1S/C26H43NO4/c1-2-3-4-5-6-7-8-9-10-11-12-13-14-15-20-27-24-18-16-23(17-19-24)21-26(30)31-22-25(28)29/h16-19,27H,2-15,20-22H2,1H3,(H,28,29). The highest BCUT2D eigenvalue weighted by Crippen LogP contribution is 2.14. The van der Waals surface area contributed by atoms with Gasteiger partial charge in [-0.2, -0.15) is 0 Å². The quantitative estimate of drug-likeness (QED) is 0.176. The lowest BCUT2D eigenvalue weighted by atomic mass is 10.0. The monoisotopic (exact) mass is 433 g/mol. The highest BCUT2D eigenvalue weighted by Gasteiger charge is 2.07. The molecule has 5 nitrogen and oxygen atoms in total. The average molecular weight is 434 g/mol. The number of aliphatic carboxylic acids is 1. The minimum Gasteiger partial charge on any atom is -0.479 e. The van der Waals surface area contributed by atoms with Gasteiger partial charge in [0.15, 0.2) is 6.61 Å². The lowest BCUT2D eigenvalue weighted by Gasteiger charge is -2.08. The molecule has 0 spiro atoms. The van der Waals surface area contributed by atoms with E-state index in [1.165, 1.54) is 89.9 Å². The molecule has 0 bridgehead atoms. The fraction of sp³-hybridized carbons (Fsp3) is 0.692. The van der Waals surface area contributed by atoms with E-state index in [2.05, 4.69) is 17.0 Å². The van der Waals surface area contributed by atoms with Gasteiger partial charge in [0.05, 0.1) is 6.42 Å². The van der Waals surface area contributed by atoms with Gasteiger partial charge in [-0.25, -0.2) is 4.79 Å². The molecule has 0 saturated heterocycles. The maximum absolute atomic E-state index is 11.5. The number of unbranched alkanes of at least 4 members (excludes halogenated alkanes) is 13. The van der Waals surface area contributed by atoms with Gasteiger partial charge in [0.1, 0.15) is 0 Å². The van der Waals surface area contributed by atoms with Crippen LogP contribution < -0.4 is 5.32 Å². The second-order valence-electron chi connectivity index (χ2n) is 8.45. The minimum atomic E-state index is -1.14. The molecule has 0 aromatic heterocycles. The van der Waals surface area contributed by atoms with Crippen LogP contribution in [0.2, 0.25) is 0 Å². The molecule has 31 heavy (non-hydrogen) atoms. The van der Waals surface area contributed by atoms with Gasteiger partial charge in [-0.15, -0.1) is 0 Å². The van der Waals surface area contributed by atoms with E-state index >= 15 is 0 Å². The van der Waals surface area contributed by atoms with Crippen LogP contribution in [0, 0.1) is 0 Å². The third-order valence-corrected chi connectivity index (χ3v) is 5.52. The fourth-order valence-electron chi connectivity index (χ4n) is 3.65. The first-order chi connectivity index (χ1) is 15.1. The van der Waals surface area contributed by atoms with Gasteiger partial charge >= 0.3 is 11.9 Å². The molecule has 0 aliphatic carbocycles. The van der Waals surface area contributed by atoms with Crippen LogP contribution in [0.4, 0.5) is 5.69 Å². The molecule has 0 aliphatic rings. The van der Waals surface area contributed by atoms with Crippen molar-refractivity contribution in [3.8, 4) is 0 Å². The molecule has 0 heterocycles. The summed E-state index contributed by atoms with van der Waals surface area (Å²) in [4.78, 5) is 21.9. The predicted octanol–water partition coefficient (Wildman–Crippen LogP) is 6.75. The number of carboxylic acids is 1. The first kappa shape index (κ1) is 27.0. The van der Waals surface area contributed by atoms with Gasteiger partial charge < -0.3 is 15.2 Å². The molecule has 0 unspecified atom stereocenters. The summed E-state index contributed by atoms with van der Waals surface area (Å²) in [6.45, 7) is 2.64. The van der Waals surface area contributed by atoms with E-state index in [0.29, 0.717) is 0 Å². The summed E-state index contributed by atoms with van der Waals surface area (Å²) in [5.41, 5.74) is 1.86. The number of carboxylic acid groups (broad SMARTS) is 1. The molecular formula is C26H43NO4. The maximum Gasteiger partial charge on any atom is 0.341 e. The Morgan fingerprint density at radius 1 is 0.774 bits per heavy atom. The summed E-state index contributed by atoms with van der Waals surface area (Å²) < 4.78 is 4.64. The molecule has 0 fully saturated rings. The zero-order valence-electron chi connectivity index (χ0n) is 19.5. The topological polar surface area (TPSA) is 75.6 Å². The molecule has 0 atom stereocenters. The number of hydrogen-bond acceptors (Lipinski definition) is 4. The van der Waals surface area contributed by atoms with Crippen molar-refractivity contribution in [1.82, 2.24) is 0 Å². The van der Waals surface area contributed by atoms with Crippen LogP contribution in [0.3, 0.4) is 0 Å². The zero-order valence-corrected chi connectivity index (χ0v) is 19.5. The number of benzene rings is 1. The number of hydrogen-bond donors (Lipinski definition) is 2. The van der Waals surface area contributed by atoms with Gasteiger partial charge in [-0.1, -0.05) is 103 Å². The Morgan fingerprint density at radius 2 is 1.26 bits per heavy atom. The number of anilines is 1. The third-order valence-electron chi connectivity index (χ3n) is 5.52. The largest absolute Gasteiger partial charge is 0.479 e. The summed E-state index contributed by atoms with van der Waals surface area (Å²) in [5.74, 6) is -1.66. The number of esters is 1. The first-order valence-corrected chi connectivity index (χ1v) is 12.3. The maximum atomic E-state index is 11.5. The Balaban J connectivity index is 1.93. The van der Waals surface area contributed by atoms with Gasteiger partial charge in [0.25, 0.3) is 0 Å². The van der Waals surface area contributed by atoms with Crippen molar-refractivity contribution >= 4 is 17.6 Å². The van der Waals surface area contributed by atoms with Crippen LogP contribution in [0.5, 0.6) is 0 Å². The molecular weight excluding hydrogens is 390 g/mol. The number of carbonyl (C=O) groups excluding carboxylic acids is 1. The van der Waals surface area contributed by atoms with Crippen molar-refractivity contribution in [3.05, 3.63) is 29.8 Å². The molecule has 1 rings (SSSR count). The predicted molar refractivity (Wildman–Crippen MR) is 128 cm³/mol. The van der Waals surface area contributed by atoms with Crippen molar-refractivity contribution < 1.29 is 19.4 Å². The van der Waals surface area contributed by atoms with Crippen LogP contribution in [0.1, 0.15) is 102 Å². The smallest absolute Gasteiger partial charge is 0.341 e. The third kappa shape index (κ3) is 16.3. The number of rotatable bonds is 20. The van der Waals surface area contributed by atoms with E-state index in [9.17, 15) is 9.59 Å². The molecule has 0 radical (unpaired) electrons. The van der Waals surface area contributed by atoms with Crippen LogP contribution in [-0.4, -0.2) is 30.2 Å². The summed E-state index contributed by atoms with van der Waals surface area (Å²) in [7, 11) is 0. The van der Waals surface area contributed by atoms with Gasteiger partial charge in [-0.3, -0.25) is 4.79 Å². The SMILES string of the molecule is CCCCCCCCCCCCCCCCNc1ccc(CC(=O)OCC(=O)O)cc1. The first-order valence-electron chi connectivity index (χ1n) is 12.3. The van der Waals surface area contributed by atoms with Crippen molar-refractivity contribution in [2.45, 2.75) is 103 Å². The summed E-state index contributed by atoms with van der Waals surface area (Å²) in [5, 5.41) is 11.9. The minimum absolute atomic E-state index is 0.0898. The van der Waals surface area contributed by atoms with Gasteiger partial charge in [-0.05, 0) is 24.1 Å². The lowest BCUT2D eigenvalue weighted by Crippen LogP contribution is -2.14. The van der Waals surface area contributed by atoms with Crippen LogP contribution in [0.25, 0.3) is 0 Å². The molecule has 176 valence electrons. The average Bonchev–Trinajstić information content (AvgIpc) is 2.76. The summed E-state index contributed by atoms with van der Waals surface area (Å²) in [6.07, 6.45) is 19.2. The van der Waals surface area contributed by atoms with Crippen molar-refractivity contribution in [2.24, 2.45) is 0 Å². The van der Waals surface area contributed by atoms with E-state index in [4.69, 9.17) is 5.11 Å². The van der Waals surface area contributed by atoms with Crippen molar-refractivity contribution in [2.75, 3.05) is 18.5 Å². The Morgan fingerprint density at radius 3 is 1.74 bits per heavy atom. The lowest BCUT2D eigenvalue weighted by molar-refractivity contribution is -0.154. The highest BCUT2D eigenvalue weighted by atomic mass is 16.5. The second kappa shape index (κ2) is 18.7. The van der Waals surface area contributed by atoms with Crippen LogP contribution in [0.15, 0.2) is 24.3 Å². The molecule has 0 aliphatic heterocycles. The van der Waals surface area contributed by atoms with E-state index in [-0.39, 0.29) is 6.42 Å². The zero-order chi connectivity index (χ0) is 22.6. The Kier molecular flexibility index (Phi) is 16.3. The molecule has 0 amide bonds. The van der Waals surface area contributed by atoms with E-state index in [0.717, 1.165) is 17.8 Å². The summed E-state index contributed by atoms with van der Waals surface area (Å²) in [6, 6.07) is 7.64. The number of ether oxygens (including phenoxy) is 1. The highest BCUT2D eigenvalue weighted by molar-refractivity contribution is 5.76. The van der Waals surface area contributed by atoms with Gasteiger partial charge in [0.2, 0.25) is 0 Å². The molecule has 5 heteroatoms. The normalized spacial score (nSPS) is 10.7. The fourth-order valence-corrected chi connectivity index (χ4v) is 3.65. The van der Waals surface area contributed by atoms with Crippen LogP contribution >= 0.6 is 0 Å². The molecule has 2 N–H and O–H groups in total. The number of carbonyl (C=O) groups is 2. The summed E-state index contributed by atoms with van der Waals surface area (Å²) >= 11 is 0. The number of nitrogens with one attached hydrogen (secondary N) is 1. The van der Waals surface area contributed by atoms with Crippen molar-refractivity contribution in [3.63, 3.8) is 0 Å². The Bertz CT molecular complexity index is 586. The van der Waals surface area contributed by atoms with E-state index in [1.54, 1.807) is 0 Å². The molecule has 1 aromatic rings. The van der Waals surface area contributed by atoms with Crippen LogP contribution in [-0.2, 0) is 20.7 Å². The van der Waals surface area contributed by atoms with Crippen molar-refractivity contribution in [1.29, 1.82) is 0 Å². The van der Waals surface area contributed by atoms with E-state index in [1.807, 2.05) is 24.3 Å². The second-order valence-corrected chi connectivity index (χ2v) is 8.45. The molecule has 1 aromatic carbocycles. The molecule has 0 saturated carbocycles. The van der Waals surface area contributed by atoms with E-state index < -0.39 is 18.5 Å². The Labute approximate surface area is 189 Å². The Hall–Kier alpha value is -2.04. The van der Waals surface area contributed by atoms with Gasteiger partial charge in [0, 0.05) is 12.2 Å².